The van der Waals surface area contributed by atoms with Crippen LogP contribution in [0.5, 0.6) is 0 Å². The highest BCUT2D eigenvalue weighted by molar-refractivity contribution is 7.99. The van der Waals surface area contributed by atoms with Crippen molar-refractivity contribution < 1.29 is 9.53 Å². The number of nitrogens with zero attached hydrogens (tertiary/aromatic N) is 2. The largest absolute Gasteiger partial charge is 0.383 e. The maximum absolute atomic E-state index is 12.1. The van der Waals surface area contributed by atoms with Crippen LogP contribution in [0.15, 0.2) is 6.20 Å². The molecule has 0 fully saturated rings. The van der Waals surface area contributed by atoms with Gasteiger partial charge in [-0.15, -0.1) is 0 Å². The first-order valence-electron chi connectivity index (χ1n) is 5.87. The van der Waals surface area contributed by atoms with Gasteiger partial charge in [-0.1, -0.05) is 25.4 Å². The maximum atomic E-state index is 12.1. The summed E-state index contributed by atoms with van der Waals surface area (Å²) in [5.41, 5.74) is 0.491. The lowest BCUT2D eigenvalue weighted by Crippen LogP contribution is -2.15. The number of hydrogen-bond donors (Lipinski definition) is 0. The van der Waals surface area contributed by atoms with Gasteiger partial charge in [-0.25, -0.2) is 0 Å². The third-order valence-electron chi connectivity index (χ3n) is 2.25. The van der Waals surface area contributed by atoms with Gasteiger partial charge in [0.15, 0.2) is 5.78 Å². The van der Waals surface area contributed by atoms with E-state index in [-0.39, 0.29) is 5.78 Å². The summed E-state index contributed by atoms with van der Waals surface area (Å²) >= 11 is 7.63. The summed E-state index contributed by atoms with van der Waals surface area (Å²) in [7, 11) is 1.62. The number of ketones is 1. The summed E-state index contributed by atoms with van der Waals surface area (Å²) < 4.78 is 6.60. The Kier molecular flexibility index (Phi) is 6.75. The average Bonchev–Trinajstić information content (AvgIpc) is 2.67. The van der Waals surface area contributed by atoms with E-state index in [1.54, 1.807) is 23.6 Å². The van der Waals surface area contributed by atoms with Crippen molar-refractivity contribution >= 4 is 29.1 Å². The van der Waals surface area contributed by atoms with E-state index >= 15 is 0 Å². The molecular weight excluding hydrogens is 272 g/mol. The SMILES string of the molecule is COCCn1ncc(Cl)c1C(=O)CSCC(C)C. The third kappa shape index (κ3) is 4.63. The van der Waals surface area contributed by atoms with Crippen LogP contribution in [0.1, 0.15) is 24.3 Å². The zero-order valence-corrected chi connectivity index (χ0v) is 12.6. The summed E-state index contributed by atoms with van der Waals surface area (Å²) in [6.45, 7) is 5.32. The van der Waals surface area contributed by atoms with E-state index in [1.807, 2.05) is 0 Å². The van der Waals surface area contributed by atoms with Crippen LogP contribution in [0.25, 0.3) is 0 Å². The minimum absolute atomic E-state index is 0.0271. The van der Waals surface area contributed by atoms with Gasteiger partial charge in [0.2, 0.25) is 0 Å². The topological polar surface area (TPSA) is 44.1 Å². The maximum Gasteiger partial charge on any atom is 0.192 e. The number of hydrogen-bond acceptors (Lipinski definition) is 4. The van der Waals surface area contributed by atoms with Crippen LogP contribution in [0.3, 0.4) is 0 Å². The van der Waals surface area contributed by atoms with Crippen molar-refractivity contribution in [2.24, 2.45) is 5.92 Å². The van der Waals surface area contributed by atoms with Gasteiger partial charge in [0.1, 0.15) is 5.69 Å². The van der Waals surface area contributed by atoms with Crippen LogP contribution in [-0.2, 0) is 11.3 Å². The highest BCUT2D eigenvalue weighted by Crippen LogP contribution is 2.18. The Morgan fingerprint density at radius 3 is 2.94 bits per heavy atom. The molecule has 0 aliphatic carbocycles. The van der Waals surface area contributed by atoms with E-state index in [1.165, 1.54) is 6.20 Å². The zero-order valence-electron chi connectivity index (χ0n) is 11.0. The summed E-state index contributed by atoms with van der Waals surface area (Å²) in [5.74, 6) is 2.02. The summed E-state index contributed by atoms with van der Waals surface area (Å²) in [6, 6.07) is 0. The van der Waals surface area contributed by atoms with Gasteiger partial charge in [-0.3, -0.25) is 9.48 Å². The molecule has 1 aromatic heterocycles. The molecule has 0 amide bonds. The van der Waals surface area contributed by atoms with Gasteiger partial charge in [0.25, 0.3) is 0 Å². The van der Waals surface area contributed by atoms with E-state index in [0.29, 0.717) is 35.5 Å². The Morgan fingerprint density at radius 2 is 2.33 bits per heavy atom. The highest BCUT2D eigenvalue weighted by atomic mass is 35.5. The van der Waals surface area contributed by atoms with E-state index in [0.717, 1.165) is 5.75 Å². The van der Waals surface area contributed by atoms with Crippen LogP contribution in [0.2, 0.25) is 5.02 Å². The van der Waals surface area contributed by atoms with Gasteiger partial charge in [-0.2, -0.15) is 16.9 Å². The molecule has 0 saturated heterocycles. The van der Waals surface area contributed by atoms with Gasteiger partial charge in [0.05, 0.1) is 30.1 Å². The average molecular weight is 291 g/mol. The molecular formula is C12H19ClN2O2S. The molecule has 0 spiro atoms. The molecule has 102 valence electrons. The Balaban J connectivity index is 2.63. The number of aromatic nitrogens is 2. The van der Waals surface area contributed by atoms with Gasteiger partial charge in [-0.05, 0) is 11.7 Å². The van der Waals surface area contributed by atoms with E-state index in [4.69, 9.17) is 16.3 Å². The fourth-order valence-electron chi connectivity index (χ4n) is 1.44. The van der Waals surface area contributed by atoms with E-state index in [9.17, 15) is 4.79 Å². The van der Waals surface area contributed by atoms with Gasteiger partial charge in [0, 0.05) is 7.11 Å². The fraction of sp³-hybridized carbons (Fsp3) is 0.667. The standard InChI is InChI=1S/C12H19ClN2O2S/c1-9(2)7-18-8-11(16)12-10(13)6-14-15(12)4-5-17-3/h6,9H,4-5,7-8H2,1-3H3. The van der Waals surface area contributed by atoms with Crippen molar-refractivity contribution in [1.29, 1.82) is 0 Å². The quantitative estimate of drug-likeness (QED) is 0.691. The van der Waals surface area contributed by atoms with Crippen molar-refractivity contribution in [3.05, 3.63) is 16.9 Å². The van der Waals surface area contributed by atoms with Gasteiger partial charge >= 0.3 is 0 Å². The molecule has 4 nitrogen and oxygen atoms in total. The minimum Gasteiger partial charge on any atom is -0.383 e. The summed E-state index contributed by atoms with van der Waals surface area (Å²) in [5, 5.41) is 4.51. The smallest absolute Gasteiger partial charge is 0.192 e. The second-order valence-electron chi connectivity index (χ2n) is 4.39. The molecule has 0 aliphatic rings. The van der Waals surface area contributed by atoms with Crippen LogP contribution in [0, 0.1) is 5.92 Å². The van der Waals surface area contributed by atoms with E-state index in [2.05, 4.69) is 18.9 Å². The molecule has 0 atom stereocenters. The first-order chi connectivity index (χ1) is 8.56. The Bertz CT molecular complexity index is 393. The van der Waals surface area contributed by atoms with E-state index < -0.39 is 0 Å². The Labute approximate surface area is 117 Å². The lowest BCUT2D eigenvalue weighted by molar-refractivity contribution is 0.100. The normalized spacial score (nSPS) is 11.2. The predicted octanol–water partition coefficient (Wildman–Crippen LogP) is 2.75. The lowest BCUT2D eigenvalue weighted by Gasteiger charge is -2.07. The predicted molar refractivity (Wildman–Crippen MR) is 75.6 cm³/mol. The monoisotopic (exact) mass is 290 g/mol. The molecule has 0 unspecified atom stereocenters. The molecule has 18 heavy (non-hydrogen) atoms. The number of halogens is 1. The van der Waals surface area contributed by atoms with Crippen molar-refractivity contribution in [3.63, 3.8) is 0 Å². The zero-order chi connectivity index (χ0) is 13.5. The number of Topliss-reactive ketones (excluding diaryl/α,β-unsaturated/α-hetero) is 1. The number of methoxy groups -OCH3 is 1. The minimum atomic E-state index is 0.0271. The number of thioether (sulfide) groups is 1. The number of ether oxygens (including phenoxy) is 1. The third-order valence-corrected chi connectivity index (χ3v) is 3.90. The summed E-state index contributed by atoms with van der Waals surface area (Å²) in [6.07, 6.45) is 1.51. The molecule has 0 bridgehead atoms. The Hall–Kier alpha value is -0.520. The van der Waals surface area contributed by atoms with Crippen LogP contribution >= 0.6 is 23.4 Å². The molecule has 0 radical (unpaired) electrons. The van der Waals surface area contributed by atoms with Crippen molar-refractivity contribution in [3.8, 4) is 0 Å². The number of rotatable bonds is 8. The van der Waals surface area contributed by atoms with Crippen molar-refractivity contribution in [1.82, 2.24) is 9.78 Å². The first kappa shape index (κ1) is 15.5. The highest BCUT2D eigenvalue weighted by Gasteiger charge is 2.17. The molecule has 0 saturated carbocycles. The molecule has 6 heteroatoms. The van der Waals surface area contributed by atoms with Gasteiger partial charge < -0.3 is 4.74 Å². The summed E-state index contributed by atoms with van der Waals surface area (Å²) in [4.78, 5) is 12.1. The molecule has 1 aromatic rings. The number of carbonyl (C=O) groups excluding carboxylic acids is 1. The first-order valence-corrected chi connectivity index (χ1v) is 7.40. The lowest BCUT2D eigenvalue weighted by atomic mass is 10.3. The second kappa shape index (κ2) is 7.81. The fourth-order valence-corrected chi connectivity index (χ4v) is 2.60. The second-order valence-corrected chi connectivity index (χ2v) is 5.83. The van der Waals surface area contributed by atoms with Crippen LogP contribution in [-0.4, -0.2) is 40.8 Å². The van der Waals surface area contributed by atoms with Crippen molar-refractivity contribution in [2.45, 2.75) is 20.4 Å². The Morgan fingerprint density at radius 1 is 1.61 bits per heavy atom. The molecule has 1 heterocycles. The number of carbonyl (C=O) groups is 1. The van der Waals surface area contributed by atoms with Crippen molar-refractivity contribution in [2.75, 3.05) is 25.2 Å². The van der Waals surface area contributed by atoms with Crippen LogP contribution in [0.4, 0.5) is 0 Å². The molecule has 0 aliphatic heterocycles. The molecule has 0 N–H and O–H groups in total. The van der Waals surface area contributed by atoms with Crippen LogP contribution < -0.4 is 0 Å². The molecule has 0 aromatic carbocycles. The molecule has 1 rings (SSSR count).